The highest BCUT2D eigenvalue weighted by Crippen LogP contribution is 2.29. The number of nitrogens with zero attached hydrogens (tertiary/aromatic N) is 2. The van der Waals surface area contributed by atoms with Gasteiger partial charge in [-0.05, 0) is 38.0 Å². The van der Waals surface area contributed by atoms with Gasteiger partial charge in [-0.25, -0.2) is 4.39 Å². The van der Waals surface area contributed by atoms with Gasteiger partial charge in [0.15, 0.2) is 12.8 Å². The van der Waals surface area contributed by atoms with E-state index >= 15 is 0 Å². The van der Waals surface area contributed by atoms with Crippen LogP contribution in [-0.2, 0) is 22.5 Å². The Hall–Kier alpha value is -1.17. The highest BCUT2D eigenvalue weighted by atomic mass is 127. The summed E-state index contributed by atoms with van der Waals surface area (Å²) in [6.45, 7) is 9.85. The van der Waals surface area contributed by atoms with Crippen molar-refractivity contribution in [2.24, 2.45) is 4.99 Å². The number of nitrogens with one attached hydrogen (secondary N) is 2. The minimum Gasteiger partial charge on any atom is -0.467 e. The lowest BCUT2D eigenvalue weighted by Gasteiger charge is -2.41. The molecular formula is C20H32FIN4O3. The van der Waals surface area contributed by atoms with Crippen LogP contribution in [0, 0.1) is 5.82 Å². The van der Waals surface area contributed by atoms with E-state index < -0.39 is 0 Å². The molecule has 0 unspecified atom stereocenters. The Morgan fingerprint density at radius 3 is 2.69 bits per heavy atom. The van der Waals surface area contributed by atoms with Crippen molar-refractivity contribution in [3.8, 4) is 5.75 Å². The molecule has 29 heavy (non-hydrogen) atoms. The fraction of sp³-hybridized carbons (Fsp3) is 0.650. The number of hydrogen-bond acceptors (Lipinski definition) is 5. The van der Waals surface area contributed by atoms with Gasteiger partial charge in [-0.3, -0.25) is 9.89 Å². The standard InChI is InChI=1S/C20H31FN4O3.HI/c1-20(2,25-6-8-26-9-7-25)13-24-19(22-3)23-5-4-15-10-17(21)11-16-12-27-14-28-18(15)16;/h10-11H,4-9,12-14H2,1-3H3,(H2,22,23,24);1H. The number of guanidine groups is 1. The maximum Gasteiger partial charge on any atom is 0.191 e. The molecule has 2 aliphatic heterocycles. The first-order valence-electron chi connectivity index (χ1n) is 9.79. The molecule has 1 aromatic rings. The first-order chi connectivity index (χ1) is 13.5. The molecule has 2 heterocycles. The summed E-state index contributed by atoms with van der Waals surface area (Å²) in [5.74, 6) is 1.21. The molecule has 0 aromatic heterocycles. The van der Waals surface area contributed by atoms with Gasteiger partial charge < -0.3 is 24.8 Å². The second-order valence-corrected chi connectivity index (χ2v) is 7.68. The van der Waals surface area contributed by atoms with Crippen LogP contribution in [-0.4, -0.2) is 69.6 Å². The second-order valence-electron chi connectivity index (χ2n) is 7.68. The van der Waals surface area contributed by atoms with Gasteiger partial charge in [0.05, 0.1) is 19.8 Å². The molecule has 0 radical (unpaired) electrons. The molecule has 1 saturated heterocycles. The predicted octanol–water partition coefficient (Wildman–Crippen LogP) is 2.13. The fourth-order valence-electron chi connectivity index (χ4n) is 3.56. The fourth-order valence-corrected chi connectivity index (χ4v) is 3.56. The molecule has 9 heteroatoms. The minimum atomic E-state index is -0.266. The summed E-state index contributed by atoms with van der Waals surface area (Å²) in [6, 6.07) is 3.00. The number of aliphatic imine (C=N–C) groups is 1. The van der Waals surface area contributed by atoms with Crippen molar-refractivity contribution in [3.05, 3.63) is 29.1 Å². The predicted molar refractivity (Wildman–Crippen MR) is 122 cm³/mol. The second kappa shape index (κ2) is 11.3. The van der Waals surface area contributed by atoms with Crippen molar-refractivity contribution in [2.45, 2.75) is 32.4 Å². The first kappa shape index (κ1) is 24.1. The van der Waals surface area contributed by atoms with Crippen molar-refractivity contribution in [2.75, 3.05) is 53.2 Å². The van der Waals surface area contributed by atoms with Crippen molar-refractivity contribution in [3.63, 3.8) is 0 Å². The van der Waals surface area contributed by atoms with Crippen LogP contribution in [0.1, 0.15) is 25.0 Å². The summed E-state index contributed by atoms with van der Waals surface area (Å²) < 4.78 is 30.1. The molecule has 1 fully saturated rings. The van der Waals surface area contributed by atoms with Gasteiger partial charge in [0, 0.05) is 44.3 Å². The Morgan fingerprint density at radius 1 is 1.21 bits per heavy atom. The van der Waals surface area contributed by atoms with Crippen molar-refractivity contribution < 1.29 is 18.6 Å². The smallest absolute Gasteiger partial charge is 0.191 e. The Kier molecular flexibility index (Phi) is 9.38. The van der Waals surface area contributed by atoms with Crippen LogP contribution in [0.2, 0.25) is 0 Å². The zero-order chi connectivity index (χ0) is 20.0. The zero-order valence-corrected chi connectivity index (χ0v) is 19.8. The highest BCUT2D eigenvalue weighted by molar-refractivity contribution is 14.0. The monoisotopic (exact) mass is 522 g/mol. The molecule has 0 bridgehead atoms. The molecule has 0 saturated carbocycles. The van der Waals surface area contributed by atoms with E-state index in [4.69, 9.17) is 14.2 Å². The molecular weight excluding hydrogens is 490 g/mol. The summed E-state index contributed by atoms with van der Waals surface area (Å²) in [5, 5.41) is 6.70. The summed E-state index contributed by atoms with van der Waals surface area (Å²) >= 11 is 0. The van der Waals surface area contributed by atoms with E-state index in [1.165, 1.54) is 12.1 Å². The number of benzene rings is 1. The number of morpholine rings is 1. The van der Waals surface area contributed by atoms with Gasteiger partial charge in [-0.2, -0.15) is 0 Å². The summed E-state index contributed by atoms with van der Waals surface area (Å²) in [4.78, 5) is 6.72. The Balaban J connectivity index is 0.00000300. The van der Waals surface area contributed by atoms with Crippen LogP contribution in [0.25, 0.3) is 0 Å². The molecule has 0 atom stereocenters. The normalized spacial score (nSPS) is 17.7. The summed E-state index contributed by atoms with van der Waals surface area (Å²) in [7, 11) is 1.75. The molecule has 7 nitrogen and oxygen atoms in total. The largest absolute Gasteiger partial charge is 0.467 e. The minimum absolute atomic E-state index is 0. The zero-order valence-electron chi connectivity index (χ0n) is 17.4. The number of fused-ring (bicyclic) bond motifs is 1. The lowest BCUT2D eigenvalue weighted by atomic mass is 10.0. The van der Waals surface area contributed by atoms with Gasteiger partial charge in [0.2, 0.25) is 0 Å². The van der Waals surface area contributed by atoms with E-state index in [0.29, 0.717) is 19.6 Å². The maximum absolute atomic E-state index is 13.9. The Morgan fingerprint density at radius 2 is 1.97 bits per heavy atom. The van der Waals surface area contributed by atoms with Crippen molar-refractivity contribution in [1.29, 1.82) is 0 Å². The molecule has 2 N–H and O–H groups in total. The van der Waals surface area contributed by atoms with E-state index in [2.05, 4.69) is 34.4 Å². The number of hydrogen-bond donors (Lipinski definition) is 2. The molecule has 3 rings (SSSR count). The maximum atomic E-state index is 13.9. The van der Waals surface area contributed by atoms with E-state index in [-0.39, 0.29) is 42.1 Å². The van der Waals surface area contributed by atoms with E-state index in [1.807, 2.05) is 0 Å². The van der Waals surface area contributed by atoms with Gasteiger partial charge in [0.1, 0.15) is 11.6 Å². The lowest BCUT2D eigenvalue weighted by Crippen LogP contribution is -2.56. The highest BCUT2D eigenvalue weighted by Gasteiger charge is 2.28. The molecule has 164 valence electrons. The average Bonchev–Trinajstić information content (AvgIpc) is 2.71. The van der Waals surface area contributed by atoms with Crippen LogP contribution in [0.5, 0.6) is 5.75 Å². The van der Waals surface area contributed by atoms with Gasteiger partial charge in [0.25, 0.3) is 0 Å². The van der Waals surface area contributed by atoms with Gasteiger partial charge >= 0.3 is 0 Å². The number of ether oxygens (including phenoxy) is 3. The molecule has 2 aliphatic rings. The van der Waals surface area contributed by atoms with Crippen LogP contribution >= 0.6 is 24.0 Å². The Labute approximate surface area is 189 Å². The average molecular weight is 522 g/mol. The number of rotatable bonds is 6. The summed E-state index contributed by atoms with van der Waals surface area (Å²) in [6.07, 6.45) is 0.633. The van der Waals surface area contributed by atoms with Crippen LogP contribution < -0.4 is 15.4 Å². The number of halogens is 2. The van der Waals surface area contributed by atoms with Crippen LogP contribution in [0.15, 0.2) is 17.1 Å². The van der Waals surface area contributed by atoms with Crippen molar-refractivity contribution in [1.82, 2.24) is 15.5 Å². The van der Waals surface area contributed by atoms with E-state index in [9.17, 15) is 4.39 Å². The third-order valence-corrected chi connectivity index (χ3v) is 5.22. The SMILES string of the molecule is CN=C(NCCc1cc(F)cc2c1OCOC2)NCC(C)(C)N1CCOCC1.I. The quantitative estimate of drug-likeness (QED) is 0.339. The third kappa shape index (κ3) is 6.66. The molecule has 0 spiro atoms. The van der Waals surface area contributed by atoms with Gasteiger partial charge in [-0.15, -0.1) is 24.0 Å². The van der Waals surface area contributed by atoms with E-state index in [0.717, 1.165) is 55.7 Å². The third-order valence-electron chi connectivity index (χ3n) is 5.22. The topological polar surface area (TPSA) is 67.4 Å². The Bertz CT molecular complexity index is 697. The van der Waals surface area contributed by atoms with Crippen LogP contribution in [0.4, 0.5) is 4.39 Å². The lowest BCUT2D eigenvalue weighted by molar-refractivity contribution is -0.0172. The molecule has 1 aromatic carbocycles. The summed E-state index contributed by atoms with van der Waals surface area (Å²) in [5.41, 5.74) is 1.60. The molecule has 0 aliphatic carbocycles. The van der Waals surface area contributed by atoms with Gasteiger partial charge in [-0.1, -0.05) is 0 Å². The van der Waals surface area contributed by atoms with Crippen molar-refractivity contribution >= 4 is 29.9 Å². The van der Waals surface area contributed by atoms with Crippen LogP contribution in [0.3, 0.4) is 0 Å². The molecule has 0 amide bonds. The van der Waals surface area contributed by atoms with E-state index in [1.54, 1.807) is 7.05 Å². The first-order valence-corrected chi connectivity index (χ1v) is 9.79.